The zero-order valence-corrected chi connectivity index (χ0v) is 31.9. The molecule has 0 bridgehead atoms. The second kappa shape index (κ2) is 30.5. The fourth-order valence-electron chi connectivity index (χ4n) is 3.82. The molecule has 20 nitrogen and oxygen atoms in total. The molecular formula is C30H56N12O8S2. The first kappa shape index (κ1) is 47.8. The molecule has 3 atom stereocenters. The van der Waals surface area contributed by atoms with Gasteiger partial charge in [0.1, 0.15) is 12.3 Å². The summed E-state index contributed by atoms with van der Waals surface area (Å²) >= 11 is 0. The minimum Gasteiger partial charge on any atom is -0.370 e. The van der Waals surface area contributed by atoms with Crippen LogP contribution in [-0.2, 0) is 38.4 Å². The SMILES string of the molecule is CN=C(N)NCCCC(NC(=O)CNC(=O)CCSSCCNC(=O)CNC(=O)CNC(=O)CNC(=O)C(C)NC)C(=O)NC(C=O)CCCNC. The predicted molar refractivity (Wildman–Crippen MR) is 201 cm³/mol. The summed E-state index contributed by atoms with van der Waals surface area (Å²) in [6.45, 7) is 1.78. The van der Waals surface area contributed by atoms with Crippen LogP contribution in [0.2, 0.25) is 0 Å². The second-order valence-electron chi connectivity index (χ2n) is 11.1. The fraction of sp³-hybridized carbons (Fsp3) is 0.700. The Kier molecular flexibility index (Phi) is 28.0. The Bertz CT molecular complexity index is 1180. The summed E-state index contributed by atoms with van der Waals surface area (Å²) in [4.78, 5) is 100. The molecule has 22 heteroatoms. The van der Waals surface area contributed by atoms with Crippen molar-refractivity contribution >= 4 is 75.2 Å². The minimum atomic E-state index is -0.937. The summed E-state index contributed by atoms with van der Waals surface area (Å²) in [7, 11) is 7.75. The van der Waals surface area contributed by atoms with E-state index < -0.39 is 47.7 Å². The van der Waals surface area contributed by atoms with Gasteiger partial charge in [0.25, 0.3) is 0 Å². The number of guanidine groups is 1. The summed E-state index contributed by atoms with van der Waals surface area (Å²) in [5.74, 6) is -2.12. The lowest BCUT2D eigenvalue weighted by molar-refractivity contribution is -0.130. The topological polar surface area (TPSA) is 295 Å². The zero-order valence-electron chi connectivity index (χ0n) is 30.3. The van der Waals surface area contributed by atoms with E-state index >= 15 is 0 Å². The Labute approximate surface area is 312 Å². The number of nitrogens with zero attached hydrogens (tertiary/aromatic N) is 1. The van der Waals surface area contributed by atoms with Gasteiger partial charge in [0.05, 0.1) is 38.3 Å². The van der Waals surface area contributed by atoms with E-state index in [1.165, 1.54) is 28.6 Å². The van der Waals surface area contributed by atoms with Gasteiger partial charge in [0.15, 0.2) is 5.96 Å². The number of hydrogen-bond acceptors (Lipinski definition) is 13. The molecule has 0 aliphatic carbocycles. The van der Waals surface area contributed by atoms with Crippen molar-refractivity contribution in [2.75, 3.05) is 78.5 Å². The molecule has 12 N–H and O–H groups in total. The lowest BCUT2D eigenvalue weighted by Gasteiger charge is -2.21. The third-order valence-corrected chi connectivity index (χ3v) is 9.30. The number of amides is 7. The van der Waals surface area contributed by atoms with Gasteiger partial charge in [-0.2, -0.15) is 0 Å². The molecule has 0 rings (SSSR count). The lowest BCUT2D eigenvalue weighted by Crippen LogP contribution is -2.52. The van der Waals surface area contributed by atoms with Crippen LogP contribution in [0, 0.1) is 0 Å². The third kappa shape index (κ3) is 25.7. The van der Waals surface area contributed by atoms with Gasteiger partial charge in [-0.15, -0.1) is 0 Å². The number of likely N-dealkylation sites (N-methyl/N-ethyl adjacent to an activating group) is 1. The van der Waals surface area contributed by atoms with E-state index in [1.54, 1.807) is 21.0 Å². The molecule has 0 aliphatic heterocycles. The quantitative estimate of drug-likeness (QED) is 0.0112. The van der Waals surface area contributed by atoms with Crippen LogP contribution in [0.4, 0.5) is 0 Å². The minimum absolute atomic E-state index is 0.130. The monoisotopic (exact) mass is 776 g/mol. The molecule has 0 heterocycles. The van der Waals surface area contributed by atoms with Crippen molar-refractivity contribution in [3.8, 4) is 0 Å². The van der Waals surface area contributed by atoms with E-state index in [9.17, 15) is 38.4 Å². The van der Waals surface area contributed by atoms with E-state index in [0.29, 0.717) is 56.7 Å². The summed E-state index contributed by atoms with van der Waals surface area (Å²) in [5, 5.41) is 26.2. The van der Waals surface area contributed by atoms with Crippen molar-refractivity contribution in [3.63, 3.8) is 0 Å². The van der Waals surface area contributed by atoms with E-state index in [2.05, 4.69) is 58.2 Å². The standard InChI is InChI=1S/C30H56N12O8S2/c1-20(33-3)28(49)40-17-26(47)39-16-25(46)38-15-24(45)35-12-14-52-51-13-9-23(44)37-18-27(48)42-22(8-6-11-36-30(31)34-4)29(50)41-21(19-43)7-5-10-32-2/h19-22,32-33H,5-18H2,1-4H3,(H,35,45)(H,37,44)(H,38,46)(H,39,47)(H,40,49)(H,41,50)(H,42,48)(H3,31,34,36). The van der Waals surface area contributed by atoms with Crippen molar-refractivity contribution in [1.82, 2.24) is 53.2 Å². The molecule has 0 spiro atoms. The molecule has 296 valence electrons. The number of aldehydes is 1. The summed E-state index contributed by atoms with van der Waals surface area (Å²) in [6, 6.07) is -2.10. The maximum atomic E-state index is 12.9. The van der Waals surface area contributed by atoms with Crippen molar-refractivity contribution < 1.29 is 38.4 Å². The number of aliphatic imine (C=N–C) groups is 1. The first-order chi connectivity index (χ1) is 24.9. The molecular weight excluding hydrogens is 721 g/mol. The number of hydrogen-bond donors (Lipinski definition) is 11. The summed E-state index contributed by atoms with van der Waals surface area (Å²) in [5.41, 5.74) is 5.63. The Morgan fingerprint density at radius 1 is 0.673 bits per heavy atom. The van der Waals surface area contributed by atoms with E-state index in [0.717, 1.165) is 0 Å². The fourth-order valence-corrected chi connectivity index (χ4v) is 5.72. The summed E-state index contributed by atoms with van der Waals surface area (Å²) < 4.78 is 0. The van der Waals surface area contributed by atoms with Crippen LogP contribution in [0.3, 0.4) is 0 Å². The molecule has 0 saturated carbocycles. The van der Waals surface area contributed by atoms with E-state index in [-0.39, 0.29) is 56.8 Å². The Morgan fingerprint density at radius 3 is 1.87 bits per heavy atom. The van der Waals surface area contributed by atoms with Crippen LogP contribution >= 0.6 is 21.6 Å². The van der Waals surface area contributed by atoms with Crippen molar-refractivity contribution in [3.05, 3.63) is 0 Å². The van der Waals surface area contributed by atoms with Crippen LogP contribution in [0.15, 0.2) is 4.99 Å². The van der Waals surface area contributed by atoms with E-state index in [1.807, 2.05) is 0 Å². The largest absolute Gasteiger partial charge is 0.370 e. The lowest BCUT2D eigenvalue weighted by atomic mass is 10.1. The second-order valence-corrected chi connectivity index (χ2v) is 13.8. The molecule has 7 amide bonds. The number of nitrogens with one attached hydrogen (secondary N) is 10. The van der Waals surface area contributed by atoms with Gasteiger partial charge in [-0.3, -0.25) is 38.6 Å². The first-order valence-corrected chi connectivity index (χ1v) is 19.3. The highest BCUT2D eigenvalue weighted by atomic mass is 33.1. The van der Waals surface area contributed by atoms with Crippen LogP contribution in [0.5, 0.6) is 0 Å². The molecule has 0 aromatic heterocycles. The number of carbonyl (C=O) groups excluding carboxylic acids is 8. The van der Waals surface area contributed by atoms with E-state index in [4.69, 9.17) is 5.73 Å². The highest BCUT2D eigenvalue weighted by Crippen LogP contribution is 2.20. The maximum absolute atomic E-state index is 12.9. The molecule has 0 radical (unpaired) electrons. The molecule has 0 aliphatic rings. The van der Waals surface area contributed by atoms with Crippen molar-refractivity contribution in [2.45, 2.75) is 57.2 Å². The normalized spacial score (nSPS) is 12.7. The highest BCUT2D eigenvalue weighted by Gasteiger charge is 2.23. The number of carbonyl (C=O) groups is 8. The van der Waals surface area contributed by atoms with Crippen LogP contribution in [-0.4, -0.2) is 150 Å². The summed E-state index contributed by atoms with van der Waals surface area (Å²) in [6.07, 6.45) is 2.61. The van der Waals surface area contributed by atoms with Crippen LogP contribution < -0.4 is 58.9 Å². The average Bonchev–Trinajstić information content (AvgIpc) is 3.13. The zero-order chi connectivity index (χ0) is 39.1. The molecule has 0 fully saturated rings. The molecule has 0 aromatic carbocycles. The third-order valence-electron chi connectivity index (χ3n) is 6.89. The molecule has 0 saturated heterocycles. The maximum Gasteiger partial charge on any atom is 0.243 e. The van der Waals surface area contributed by atoms with Gasteiger partial charge < -0.3 is 63.7 Å². The van der Waals surface area contributed by atoms with Gasteiger partial charge in [-0.05, 0) is 53.2 Å². The van der Waals surface area contributed by atoms with Crippen LogP contribution in [0.25, 0.3) is 0 Å². The number of nitrogens with two attached hydrogens (primary N) is 1. The van der Waals surface area contributed by atoms with Gasteiger partial charge >= 0.3 is 0 Å². The van der Waals surface area contributed by atoms with Gasteiger partial charge in [-0.1, -0.05) is 21.6 Å². The molecule has 0 aromatic rings. The highest BCUT2D eigenvalue weighted by molar-refractivity contribution is 8.76. The Balaban J connectivity index is 4.31. The smallest absolute Gasteiger partial charge is 0.243 e. The Hall–Kier alpha value is -4.15. The van der Waals surface area contributed by atoms with Crippen LogP contribution in [0.1, 0.15) is 39.0 Å². The van der Waals surface area contributed by atoms with Gasteiger partial charge in [0.2, 0.25) is 41.4 Å². The van der Waals surface area contributed by atoms with Crippen molar-refractivity contribution in [1.29, 1.82) is 0 Å². The predicted octanol–water partition coefficient (Wildman–Crippen LogP) is -4.57. The number of rotatable bonds is 29. The molecule has 52 heavy (non-hydrogen) atoms. The van der Waals surface area contributed by atoms with Crippen molar-refractivity contribution in [2.24, 2.45) is 10.7 Å². The average molecular weight is 777 g/mol. The molecule has 3 unspecified atom stereocenters. The van der Waals surface area contributed by atoms with Gasteiger partial charge in [-0.25, -0.2) is 0 Å². The first-order valence-electron chi connectivity index (χ1n) is 16.8. The van der Waals surface area contributed by atoms with Gasteiger partial charge in [0, 0.05) is 38.1 Å². The Morgan fingerprint density at radius 2 is 1.25 bits per heavy atom.